The molecule has 1 unspecified atom stereocenters. The summed E-state index contributed by atoms with van der Waals surface area (Å²) in [5.74, 6) is -1.92. The molecule has 0 radical (unpaired) electrons. The molecule has 0 saturated heterocycles. The number of rotatable bonds is 7. The van der Waals surface area contributed by atoms with Gasteiger partial charge in [-0.3, -0.25) is 24.5 Å². The van der Waals surface area contributed by atoms with Gasteiger partial charge in [0.15, 0.2) is 6.10 Å². The molecular formula is C20H20ClN3O6. The number of amides is 2. The number of benzene rings is 2. The summed E-state index contributed by atoms with van der Waals surface area (Å²) in [6, 6.07) is 8.85. The first-order valence-corrected chi connectivity index (χ1v) is 9.25. The molecule has 2 rings (SSSR count). The number of anilines is 1. The van der Waals surface area contributed by atoms with Crippen LogP contribution in [0.5, 0.6) is 0 Å². The van der Waals surface area contributed by atoms with E-state index < -0.39 is 35.4 Å². The zero-order valence-electron chi connectivity index (χ0n) is 16.5. The van der Waals surface area contributed by atoms with E-state index in [0.717, 1.165) is 17.2 Å². The first-order valence-electron chi connectivity index (χ1n) is 8.87. The number of non-ortho nitro benzene ring substituents is 1. The molecule has 0 fully saturated rings. The number of nitrogens with one attached hydrogen (secondary N) is 2. The Morgan fingerprint density at radius 1 is 1.13 bits per heavy atom. The Morgan fingerprint density at radius 3 is 2.33 bits per heavy atom. The van der Waals surface area contributed by atoms with Crippen LogP contribution in [0.25, 0.3) is 0 Å². The van der Waals surface area contributed by atoms with E-state index in [4.69, 9.17) is 16.3 Å². The zero-order valence-corrected chi connectivity index (χ0v) is 17.3. The fourth-order valence-corrected chi connectivity index (χ4v) is 2.83. The molecule has 0 aliphatic rings. The molecule has 0 saturated carbocycles. The largest absolute Gasteiger partial charge is 0.451 e. The lowest BCUT2D eigenvalue weighted by atomic mass is 10.1. The van der Waals surface area contributed by atoms with Crippen LogP contribution >= 0.6 is 11.6 Å². The average Bonchev–Trinajstić information content (AvgIpc) is 2.66. The maximum atomic E-state index is 12.2. The molecule has 2 aromatic carbocycles. The molecule has 0 spiro atoms. The van der Waals surface area contributed by atoms with Crippen LogP contribution in [-0.4, -0.2) is 35.4 Å². The van der Waals surface area contributed by atoms with Crippen molar-refractivity contribution in [3.05, 3.63) is 68.2 Å². The Labute approximate surface area is 177 Å². The van der Waals surface area contributed by atoms with Gasteiger partial charge in [0.2, 0.25) is 0 Å². The van der Waals surface area contributed by atoms with E-state index in [1.54, 1.807) is 12.1 Å². The highest BCUT2D eigenvalue weighted by atomic mass is 35.5. The minimum Gasteiger partial charge on any atom is -0.451 e. The standard InChI is InChI=1S/C20H20ClN3O6/c1-11-6-12(2)8-14(7-11)20(27)22-10-18(25)30-13(3)19(26)23-17-5-4-15(24(28)29)9-16(17)21/h4-9,13H,10H2,1-3H3,(H,22,27)(H,23,26). The fraction of sp³-hybridized carbons (Fsp3) is 0.250. The molecule has 9 nitrogen and oxygen atoms in total. The number of carbonyl (C=O) groups is 3. The van der Waals surface area contributed by atoms with Crippen LogP contribution in [0.4, 0.5) is 11.4 Å². The number of halogens is 1. The topological polar surface area (TPSA) is 128 Å². The molecule has 2 aromatic rings. The Hall–Kier alpha value is -3.46. The van der Waals surface area contributed by atoms with Gasteiger partial charge in [-0.15, -0.1) is 0 Å². The summed E-state index contributed by atoms with van der Waals surface area (Å²) in [6.07, 6.45) is -1.18. The molecule has 2 amide bonds. The van der Waals surface area contributed by atoms with Gasteiger partial charge < -0.3 is 15.4 Å². The predicted octanol–water partition coefficient (Wildman–Crippen LogP) is 3.17. The lowest BCUT2D eigenvalue weighted by molar-refractivity contribution is -0.384. The average molecular weight is 434 g/mol. The van der Waals surface area contributed by atoms with Gasteiger partial charge in [0, 0.05) is 17.7 Å². The highest BCUT2D eigenvalue weighted by Crippen LogP contribution is 2.26. The first-order chi connectivity index (χ1) is 14.1. The van der Waals surface area contributed by atoms with E-state index in [1.165, 1.54) is 19.1 Å². The maximum absolute atomic E-state index is 12.2. The monoisotopic (exact) mass is 433 g/mol. The van der Waals surface area contributed by atoms with E-state index in [1.807, 2.05) is 19.9 Å². The van der Waals surface area contributed by atoms with Crippen LogP contribution in [0.1, 0.15) is 28.4 Å². The summed E-state index contributed by atoms with van der Waals surface area (Å²) in [5.41, 5.74) is 2.16. The summed E-state index contributed by atoms with van der Waals surface area (Å²) in [6.45, 7) is 4.64. The summed E-state index contributed by atoms with van der Waals surface area (Å²) >= 11 is 5.92. The van der Waals surface area contributed by atoms with Gasteiger partial charge in [0.25, 0.3) is 17.5 Å². The highest BCUT2D eigenvalue weighted by molar-refractivity contribution is 6.34. The lowest BCUT2D eigenvalue weighted by Gasteiger charge is -2.14. The number of hydrogen-bond donors (Lipinski definition) is 2. The number of carbonyl (C=O) groups excluding carboxylic acids is 3. The second kappa shape index (κ2) is 9.84. The smallest absolute Gasteiger partial charge is 0.326 e. The number of aryl methyl sites for hydroxylation is 2. The number of esters is 1. The van der Waals surface area contributed by atoms with Crippen molar-refractivity contribution in [3.8, 4) is 0 Å². The summed E-state index contributed by atoms with van der Waals surface area (Å²) in [5, 5.41) is 15.6. The number of hydrogen-bond acceptors (Lipinski definition) is 6. The lowest BCUT2D eigenvalue weighted by Crippen LogP contribution is -2.35. The van der Waals surface area contributed by atoms with Gasteiger partial charge in [0.05, 0.1) is 15.6 Å². The minimum atomic E-state index is -1.18. The first kappa shape index (κ1) is 22.8. The zero-order chi connectivity index (χ0) is 22.4. The van der Waals surface area contributed by atoms with Crippen LogP contribution in [-0.2, 0) is 14.3 Å². The number of nitro groups is 1. The van der Waals surface area contributed by atoms with E-state index in [-0.39, 0.29) is 16.4 Å². The van der Waals surface area contributed by atoms with Gasteiger partial charge in [-0.1, -0.05) is 28.8 Å². The second-order valence-corrected chi connectivity index (χ2v) is 7.01. The molecule has 0 bridgehead atoms. The third-order valence-electron chi connectivity index (χ3n) is 3.98. The number of nitro benzene ring substituents is 1. The van der Waals surface area contributed by atoms with Crippen molar-refractivity contribution in [1.82, 2.24) is 5.32 Å². The third-order valence-corrected chi connectivity index (χ3v) is 4.29. The van der Waals surface area contributed by atoms with E-state index in [9.17, 15) is 24.5 Å². The molecular weight excluding hydrogens is 414 g/mol. The van der Waals surface area contributed by atoms with E-state index in [2.05, 4.69) is 10.6 Å². The molecule has 30 heavy (non-hydrogen) atoms. The van der Waals surface area contributed by atoms with Crippen molar-refractivity contribution in [1.29, 1.82) is 0 Å². The Morgan fingerprint density at radius 2 is 1.77 bits per heavy atom. The Bertz CT molecular complexity index is 988. The third kappa shape index (κ3) is 6.28. The molecule has 0 aliphatic heterocycles. The van der Waals surface area contributed by atoms with Crippen molar-refractivity contribution in [3.63, 3.8) is 0 Å². The summed E-state index contributed by atoms with van der Waals surface area (Å²) < 4.78 is 5.00. The SMILES string of the molecule is Cc1cc(C)cc(C(=O)NCC(=O)OC(C)C(=O)Nc2ccc([N+](=O)[O-])cc2Cl)c1. The predicted molar refractivity (Wildman–Crippen MR) is 111 cm³/mol. The van der Waals surface area contributed by atoms with E-state index in [0.29, 0.717) is 5.56 Å². The van der Waals surface area contributed by atoms with Crippen LogP contribution in [0.15, 0.2) is 36.4 Å². The van der Waals surface area contributed by atoms with Crippen molar-refractivity contribution in [2.45, 2.75) is 26.9 Å². The summed E-state index contributed by atoms with van der Waals surface area (Å²) in [7, 11) is 0. The van der Waals surface area contributed by atoms with E-state index >= 15 is 0 Å². The Kier molecular flexibility index (Phi) is 7.48. The quantitative estimate of drug-likeness (QED) is 0.392. The van der Waals surface area contributed by atoms with Gasteiger partial charge >= 0.3 is 5.97 Å². The van der Waals surface area contributed by atoms with Gasteiger partial charge in [-0.2, -0.15) is 0 Å². The van der Waals surface area contributed by atoms with Crippen molar-refractivity contribution in [2.75, 3.05) is 11.9 Å². The van der Waals surface area contributed by atoms with Gasteiger partial charge in [-0.25, -0.2) is 0 Å². The van der Waals surface area contributed by atoms with Crippen molar-refractivity contribution in [2.24, 2.45) is 0 Å². The molecule has 0 heterocycles. The molecule has 158 valence electrons. The molecule has 1 atom stereocenters. The normalized spacial score (nSPS) is 11.3. The van der Waals surface area contributed by atoms with Crippen LogP contribution in [0.2, 0.25) is 5.02 Å². The van der Waals surface area contributed by atoms with Gasteiger partial charge in [0.1, 0.15) is 6.54 Å². The van der Waals surface area contributed by atoms with Crippen LogP contribution in [0, 0.1) is 24.0 Å². The second-order valence-electron chi connectivity index (χ2n) is 6.60. The number of nitrogens with zero attached hydrogens (tertiary/aromatic N) is 1. The maximum Gasteiger partial charge on any atom is 0.326 e. The summed E-state index contributed by atoms with van der Waals surface area (Å²) in [4.78, 5) is 46.4. The highest BCUT2D eigenvalue weighted by Gasteiger charge is 2.20. The molecule has 2 N–H and O–H groups in total. The molecule has 0 aliphatic carbocycles. The van der Waals surface area contributed by atoms with Gasteiger partial charge in [-0.05, 0) is 39.0 Å². The molecule has 0 aromatic heterocycles. The minimum absolute atomic E-state index is 0.0308. The van der Waals surface area contributed by atoms with Crippen molar-refractivity contribution >= 4 is 40.8 Å². The number of ether oxygens (including phenoxy) is 1. The Balaban J connectivity index is 1.88. The van der Waals surface area contributed by atoms with Crippen LogP contribution in [0.3, 0.4) is 0 Å². The van der Waals surface area contributed by atoms with Crippen LogP contribution < -0.4 is 10.6 Å². The molecule has 10 heteroatoms. The van der Waals surface area contributed by atoms with Crippen molar-refractivity contribution < 1.29 is 24.0 Å². The fourth-order valence-electron chi connectivity index (χ4n) is 2.61.